The summed E-state index contributed by atoms with van der Waals surface area (Å²) in [5.74, 6) is 0.0567. The van der Waals surface area contributed by atoms with Crippen LogP contribution in [0.3, 0.4) is 0 Å². The number of rotatable bonds is 3. The van der Waals surface area contributed by atoms with E-state index < -0.39 is 0 Å². The zero-order chi connectivity index (χ0) is 10.6. The van der Waals surface area contributed by atoms with Gasteiger partial charge in [0.25, 0.3) is 0 Å². The van der Waals surface area contributed by atoms with Crippen LogP contribution in [0.1, 0.15) is 34.6 Å². The standard InChI is InChI=1S/C10H22N2O/c1-7(2)12-8(9(13)11-6)10(3,4)5/h7-8,12H,1-6H3,(H,11,13)/t8-/m1/s1. The Hall–Kier alpha value is -0.570. The van der Waals surface area contributed by atoms with Crippen LogP contribution < -0.4 is 10.6 Å². The van der Waals surface area contributed by atoms with Crippen LogP contribution in [0.2, 0.25) is 0 Å². The predicted octanol–water partition coefficient (Wildman–Crippen LogP) is 1.15. The number of nitrogens with one attached hydrogen (secondary N) is 2. The third kappa shape index (κ3) is 4.27. The molecule has 0 saturated heterocycles. The van der Waals surface area contributed by atoms with Crippen LogP contribution in [-0.2, 0) is 4.79 Å². The number of carbonyl (C=O) groups excluding carboxylic acids is 1. The van der Waals surface area contributed by atoms with Crippen LogP contribution in [0.15, 0.2) is 0 Å². The van der Waals surface area contributed by atoms with Crippen LogP contribution in [0.4, 0.5) is 0 Å². The van der Waals surface area contributed by atoms with E-state index in [0.717, 1.165) is 0 Å². The summed E-state index contributed by atoms with van der Waals surface area (Å²) in [6.07, 6.45) is 0. The van der Waals surface area contributed by atoms with Gasteiger partial charge in [0.2, 0.25) is 5.91 Å². The summed E-state index contributed by atoms with van der Waals surface area (Å²) < 4.78 is 0. The molecule has 0 aromatic carbocycles. The van der Waals surface area contributed by atoms with Crippen LogP contribution in [0, 0.1) is 5.41 Å². The molecule has 1 atom stereocenters. The van der Waals surface area contributed by atoms with Crippen LogP contribution >= 0.6 is 0 Å². The van der Waals surface area contributed by atoms with Gasteiger partial charge in [-0.1, -0.05) is 34.6 Å². The van der Waals surface area contributed by atoms with Crippen molar-refractivity contribution in [2.75, 3.05) is 7.05 Å². The maximum absolute atomic E-state index is 11.5. The molecule has 0 bridgehead atoms. The van der Waals surface area contributed by atoms with E-state index in [2.05, 4.69) is 31.4 Å². The van der Waals surface area contributed by atoms with Gasteiger partial charge in [-0.3, -0.25) is 4.79 Å². The highest BCUT2D eigenvalue weighted by Crippen LogP contribution is 2.19. The average molecular weight is 186 g/mol. The second kappa shape index (κ2) is 4.61. The van der Waals surface area contributed by atoms with Crippen LogP contribution in [0.25, 0.3) is 0 Å². The number of amides is 1. The molecule has 0 radical (unpaired) electrons. The summed E-state index contributed by atoms with van der Waals surface area (Å²) in [4.78, 5) is 11.5. The van der Waals surface area contributed by atoms with Gasteiger partial charge in [-0.05, 0) is 5.41 Å². The summed E-state index contributed by atoms with van der Waals surface area (Å²) in [7, 11) is 1.67. The number of hydrogen-bond donors (Lipinski definition) is 2. The second-order valence-corrected chi connectivity index (χ2v) is 4.73. The van der Waals surface area contributed by atoms with Gasteiger partial charge < -0.3 is 10.6 Å². The van der Waals surface area contributed by atoms with Crippen molar-refractivity contribution >= 4 is 5.91 Å². The molecule has 0 aliphatic heterocycles. The van der Waals surface area contributed by atoms with E-state index in [1.165, 1.54) is 0 Å². The fraction of sp³-hybridized carbons (Fsp3) is 0.900. The molecule has 2 N–H and O–H groups in total. The quantitative estimate of drug-likeness (QED) is 0.694. The Morgan fingerprint density at radius 1 is 1.23 bits per heavy atom. The number of carbonyl (C=O) groups is 1. The van der Waals surface area contributed by atoms with Crippen molar-refractivity contribution in [1.29, 1.82) is 0 Å². The zero-order valence-corrected chi connectivity index (χ0v) is 9.56. The molecule has 3 nitrogen and oxygen atoms in total. The molecule has 0 saturated carbocycles. The number of hydrogen-bond acceptors (Lipinski definition) is 2. The average Bonchev–Trinajstić information content (AvgIpc) is 1.96. The minimum absolute atomic E-state index is 0.0512. The highest BCUT2D eigenvalue weighted by atomic mass is 16.2. The SMILES string of the molecule is CNC(=O)[C@@H](NC(C)C)C(C)(C)C. The largest absolute Gasteiger partial charge is 0.358 e. The van der Waals surface area contributed by atoms with Crippen molar-refractivity contribution in [2.24, 2.45) is 5.41 Å². The zero-order valence-electron chi connectivity index (χ0n) is 9.56. The van der Waals surface area contributed by atoms with Crippen molar-refractivity contribution in [2.45, 2.75) is 46.7 Å². The van der Waals surface area contributed by atoms with Gasteiger partial charge in [0.1, 0.15) is 0 Å². The first kappa shape index (κ1) is 12.4. The summed E-state index contributed by atoms with van der Waals surface area (Å²) in [6.45, 7) is 10.3. The van der Waals surface area contributed by atoms with E-state index in [4.69, 9.17) is 0 Å². The molecule has 0 unspecified atom stereocenters. The molecule has 0 aromatic heterocycles. The van der Waals surface area contributed by atoms with Crippen molar-refractivity contribution in [3.8, 4) is 0 Å². The second-order valence-electron chi connectivity index (χ2n) is 4.73. The Balaban J connectivity index is 4.47. The third-order valence-corrected chi connectivity index (χ3v) is 1.87. The van der Waals surface area contributed by atoms with Crippen molar-refractivity contribution in [1.82, 2.24) is 10.6 Å². The van der Waals surface area contributed by atoms with Gasteiger partial charge >= 0.3 is 0 Å². The summed E-state index contributed by atoms with van der Waals surface area (Å²) >= 11 is 0. The Morgan fingerprint density at radius 3 is 1.92 bits per heavy atom. The molecule has 0 fully saturated rings. The lowest BCUT2D eigenvalue weighted by Crippen LogP contribution is -2.52. The van der Waals surface area contributed by atoms with Gasteiger partial charge in [-0.2, -0.15) is 0 Å². The molecule has 0 aliphatic rings. The number of likely N-dealkylation sites (N-methyl/N-ethyl adjacent to an activating group) is 1. The van der Waals surface area contributed by atoms with E-state index in [1.807, 2.05) is 13.8 Å². The minimum Gasteiger partial charge on any atom is -0.358 e. The first-order valence-corrected chi connectivity index (χ1v) is 4.76. The third-order valence-electron chi connectivity index (χ3n) is 1.87. The molecule has 0 rings (SSSR count). The van der Waals surface area contributed by atoms with Gasteiger partial charge in [-0.25, -0.2) is 0 Å². The van der Waals surface area contributed by atoms with Gasteiger partial charge in [0, 0.05) is 13.1 Å². The molecule has 13 heavy (non-hydrogen) atoms. The Labute approximate surface area is 81.3 Å². The summed E-state index contributed by atoms with van der Waals surface area (Å²) in [5, 5.41) is 5.93. The molecular formula is C10H22N2O. The van der Waals surface area contributed by atoms with Crippen molar-refractivity contribution in [3.63, 3.8) is 0 Å². The first-order chi connectivity index (χ1) is 5.79. The topological polar surface area (TPSA) is 41.1 Å². The van der Waals surface area contributed by atoms with Crippen LogP contribution in [0.5, 0.6) is 0 Å². The van der Waals surface area contributed by atoms with Crippen molar-refractivity contribution < 1.29 is 4.79 Å². The molecule has 0 aromatic rings. The Bertz CT molecular complexity index is 170. The van der Waals surface area contributed by atoms with Crippen LogP contribution in [-0.4, -0.2) is 25.0 Å². The van der Waals surface area contributed by atoms with E-state index in [9.17, 15) is 4.79 Å². The smallest absolute Gasteiger partial charge is 0.237 e. The molecule has 0 heterocycles. The minimum atomic E-state index is -0.127. The van der Waals surface area contributed by atoms with Crippen molar-refractivity contribution in [3.05, 3.63) is 0 Å². The summed E-state index contributed by atoms with van der Waals surface area (Å²) in [5.41, 5.74) is -0.0512. The fourth-order valence-electron chi connectivity index (χ4n) is 1.20. The maximum Gasteiger partial charge on any atom is 0.237 e. The lowest BCUT2D eigenvalue weighted by atomic mass is 9.85. The molecular weight excluding hydrogens is 164 g/mol. The monoisotopic (exact) mass is 186 g/mol. The highest BCUT2D eigenvalue weighted by molar-refractivity contribution is 5.82. The summed E-state index contributed by atoms with van der Waals surface area (Å²) in [6, 6.07) is 0.194. The Morgan fingerprint density at radius 2 is 1.69 bits per heavy atom. The molecule has 78 valence electrons. The fourth-order valence-corrected chi connectivity index (χ4v) is 1.20. The van der Waals surface area contributed by atoms with E-state index in [-0.39, 0.29) is 17.4 Å². The molecule has 1 amide bonds. The predicted molar refractivity (Wildman–Crippen MR) is 55.6 cm³/mol. The maximum atomic E-state index is 11.5. The van der Waals surface area contributed by atoms with Gasteiger partial charge in [0.15, 0.2) is 0 Å². The van der Waals surface area contributed by atoms with E-state index in [0.29, 0.717) is 6.04 Å². The highest BCUT2D eigenvalue weighted by Gasteiger charge is 2.30. The van der Waals surface area contributed by atoms with E-state index >= 15 is 0 Å². The normalized spacial score (nSPS) is 14.4. The van der Waals surface area contributed by atoms with Gasteiger partial charge in [-0.15, -0.1) is 0 Å². The van der Waals surface area contributed by atoms with Gasteiger partial charge in [0.05, 0.1) is 6.04 Å². The first-order valence-electron chi connectivity index (χ1n) is 4.76. The lowest BCUT2D eigenvalue weighted by Gasteiger charge is -2.31. The van der Waals surface area contributed by atoms with E-state index in [1.54, 1.807) is 7.05 Å². The Kier molecular flexibility index (Phi) is 4.40. The molecule has 3 heteroatoms. The molecule has 0 spiro atoms. The molecule has 0 aliphatic carbocycles. The lowest BCUT2D eigenvalue weighted by molar-refractivity contribution is -0.125.